The number of carbonyl (C=O) groups is 1. The molecule has 0 saturated carbocycles. The van der Waals surface area contributed by atoms with Crippen LogP contribution in [-0.4, -0.2) is 17.4 Å². The number of amides is 1. The van der Waals surface area contributed by atoms with Crippen LogP contribution < -0.4 is 10.6 Å². The van der Waals surface area contributed by atoms with E-state index in [1.165, 1.54) is 12.1 Å². The molecule has 3 aromatic rings. The third-order valence-corrected chi connectivity index (χ3v) is 4.32. The smallest absolute Gasteiger partial charge is 0.274 e. The fraction of sp³-hybridized carbons (Fsp3) is 0.143. The molecule has 0 saturated heterocycles. The number of aromatic nitrogens is 1. The van der Waals surface area contributed by atoms with Crippen LogP contribution in [0.15, 0.2) is 60.8 Å². The summed E-state index contributed by atoms with van der Waals surface area (Å²) in [6, 6.07) is 15.2. The van der Waals surface area contributed by atoms with Crippen molar-refractivity contribution < 1.29 is 9.18 Å². The first-order chi connectivity index (χ1) is 13.0. The third-order valence-electron chi connectivity index (χ3n) is 4.09. The molecule has 0 radical (unpaired) electrons. The summed E-state index contributed by atoms with van der Waals surface area (Å²) in [5.74, 6) is -0.517. The molecule has 1 heterocycles. The van der Waals surface area contributed by atoms with E-state index < -0.39 is 0 Å². The van der Waals surface area contributed by atoms with E-state index >= 15 is 0 Å². The summed E-state index contributed by atoms with van der Waals surface area (Å²) in [6.45, 7) is 2.56. The van der Waals surface area contributed by atoms with E-state index in [0.717, 1.165) is 23.2 Å². The predicted octanol–water partition coefficient (Wildman–Crippen LogP) is 5.09. The first kappa shape index (κ1) is 18.9. The van der Waals surface area contributed by atoms with Crippen molar-refractivity contribution in [1.29, 1.82) is 0 Å². The Balaban J connectivity index is 1.54. The summed E-state index contributed by atoms with van der Waals surface area (Å²) in [5.41, 5.74) is 3.78. The number of rotatable bonds is 6. The monoisotopic (exact) mass is 383 g/mol. The van der Waals surface area contributed by atoms with E-state index in [4.69, 9.17) is 11.6 Å². The Hall–Kier alpha value is -2.92. The highest BCUT2D eigenvalue weighted by Crippen LogP contribution is 2.20. The van der Waals surface area contributed by atoms with Gasteiger partial charge in [0.1, 0.15) is 11.5 Å². The summed E-state index contributed by atoms with van der Waals surface area (Å²) in [6.07, 6.45) is 2.38. The van der Waals surface area contributed by atoms with Crippen LogP contribution in [0.2, 0.25) is 5.02 Å². The quantitative estimate of drug-likeness (QED) is 0.623. The van der Waals surface area contributed by atoms with Gasteiger partial charge in [0.25, 0.3) is 5.91 Å². The standard InChI is InChI=1S/C21H19ClFN3O/c1-14-12-16(22)4-8-19(14)26-21(27)20-9-7-18(13-25-20)24-11-10-15-2-5-17(23)6-3-15/h2-9,12-13,24H,10-11H2,1H3,(H,26,27). The second-order valence-electron chi connectivity index (χ2n) is 6.15. The van der Waals surface area contributed by atoms with Gasteiger partial charge in [0.2, 0.25) is 0 Å². The first-order valence-corrected chi connectivity index (χ1v) is 8.91. The van der Waals surface area contributed by atoms with Crippen LogP contribution in [0.3, 0.4) is 0 Å². The van der Waals surface area contributed by atoms with Crippen LogP contribution in [0.1, 0.15) is 21.6 Å². The number of hydrogen-bond acceptors (Lipinski definition) is 3. The van der Waals surface area contributed by atoms with Crippen molar-refractivity contribution in [2.24, 2.45) is 0 Å². The SMILES string of the molecule is Cc1cc(Cl)ccc1NC(=O)c1ccc(NCCc2ccc(F)cc2)cn1. The zero-order valence-corrected chi connectivity index (χ0v) is 15.6. The van der Waals surface area contributed by atoms with Crippen molar-refractivity contribution in [2.75, 3.05) is 17.2 Å². The average molecular weight is 384 g/mol. The van der Waals surface area contributed by atoms with Crippen molar-refractivity contribution in [1.82, 2.24) is 4.98 Å². The summed E-state index contributed by atoms with van der Waals surface area (Å²) in [7, 11) is 0. The number of nitrogens with one attached hydrogen (secondary N) is 2. The zero-order chi connectivity index (χ0) is 19.2. The predicted molar refractivity (Wildman–Crippen MR) is 107 cm³/mol. The lowest BCUT2D eigenvalue weighted by Gasteiger charge is -2.09. The Labute approximate surface area is 162 Å². The van der Waals surface area contributed by atoms with Crippen LogP contribution in [0.25, 0.3) is 0 Å². The van der Waals surface area contributed by atoms with E-state index in [1.807, 2.05) is 6.92 Å². The Morgan fingerprint density at radius 2 is 1.89 bits per heavy atom. The molecule has 0 atom stereocenters. The minimum Gasteiger partial charge on any atom is -0.383 e. The highest BCUT2D eigenvalue weighted by Gasteiger charge is 2.09. The molecule has 0 fully saturated rings. The molecule has 2 aromatic carbocycles. The molecule has 4 nitrogen and oxygen atoms in total. The molecular formula is C21H19ClFN3O. The van der Waals surface area contributed by atoms with Gasteiger partial charge in [-0.05, 0) is 66.9 Å². The molecule has 6 heteroatoms. The second-order valence-corrected chi connectivity index (χ2v) is 6.59. The highest BCUT2D eigenvalue weighted by molar-refractivity contribution is 6.30. The molecule has 0 bridgehead atoms. The molecule has 3 rings (SSSR count). The van der Waals surface area contributed by atoms with Crippen LogP contribution in [0.4, 0.5) is 15.8 Å². The summed E-state index contributed by atoms with van der Waals surface area (Å²) in [4.78, 5) is 16.5. The maximum atomic E-state index is 12.9. The minimum atomic E-state index is -0.279. The lowest BCUT2D eigenvalue weighted by atomic mass is 10.1. The van der Waals surface area contributed by atoms with Gasteiger partial charge in [0, 0.05) is 17.3 Å². The summed E-state index contributed by atoms with van der Waals surface area (Å²) >= 11 is 5.93. The zero-order valence-electron chi connectivity index (χ0n) is 14.8. The Morgan fingerprint density at radius 3 is 2.56 bits per heavy atom. The van der Waals surface area contributed by atoms with Gasteiger partial charge in [-0.1, -0.05) is 23.7 Å². The van der Waals surface area contributed by atoms with Crippen LogP contribution in [0, 0.1) is 12.7 Å². The molecule has 0 spiro atoms. The topological polar surface area (TPSA) is 54.0 Å². The average Bonchev–Trinajstić information content (AvgIpc) is 2.66. The Kier molecular flexibility index (Phi) is 6.04. The number of hydrogen-bond donors (Lipinski definition) is 2. The molecular weight excluding hydrogens is 365 g/mol. The van der Waals surface area contributed by atoms with Crippen molar-refractivity contribution in [2.45, 2.75) is 13.3 Å². The number of aryl methyl sites for hydroxylation is 1. The Morgan fingerprint density at radius 1 is 1.11 bits per heavy atom. The van der Waals surface area contributed by atoms with E-state index in [-0.39, 0.29) is 11.7 Å². The van der Waals surface area contributed by atoms with E-state index in [0.29, 0.717) is 22.9 Å². The molecule has 0 aliphatic carbocycles. The molecule has 138 valence electrons. The van der Waals surface area contributed by atoms with Gasteiger partial charge in [-0.3, -0.25) is 4.79 Å². The van der Waals surface area contributed by atoms with Gasteiger partial charge in [-0.15, -0.1) is 0 Å². The summed E-state index contributed by atoms with van der Waals surface area (Å²) < 4.78 is 12.9. The highest BCUT2D eigenvalue weighted by atomic mass is 35.5. The number of carbonyl (C=O) groups excluding carboxylic acids is 1. The lowest BCUT2D eigenvalue weighted by molar-refractivity contribution is 0.102. The van der Waals surface area contributed by atoms with Crippen molar-refractivity contribution in [3.63, 3.8) is 0 Å². The molecule has 27 heavy (non-hydrogen) atoms. The van der Waals surface area contributed by atoms with E-state index in [2.05, 4.69) is 15.6 Å². The lowest BCUT2D eigenvalue weighted by Crippen LogP contribution is -2.14. The molecule has 0 unspecified atom stereocenters. The van der Waals surface area contributed by atoms with E-state index in [9.17, 15) is 9.18 Å². The summed E-state index contributed by atoms with van der Waals surface area (Å²) in [5, 5.41) is 6.69. The van der Waals surface area contributed by atoms with Crippen molar-refractivity contribution in [3.8, 4) is 0 Å². The largest absolute Gasteiger partial charge is 0.383 e. The maximum absolute atomic E-state index is 12.9. The normalized spacial score (nSPS) is 10.5. The Bertz CT molecular complexity index is 927. The van der Waals surface area contributed by atoms with Gasteiger partial charge >= 0.3 is 0 Å². The van der Waals surface area contributed by atoms with Gasteiger partial charge in [-0.2, -0.15) is 0 Å². The fourth-order valence-corrected chi connectivity index (χ4v) is 2.82. The van der Waals surface area contributed by atoms with Crippen LogP contribution >= 0.6 is 11.6 Å². The van der Waals surface area contributed by atoms with Gasteiger partial charge in [0.15, 0.2) is 0 Å². The molecule has 1 amide bonds. The minimum absolute atomic E-state index is 0.237. The van der Waals surface area contributed by atoms with Crippen molar-refractivity contribution in [3.05, 3.63) is 88.5 Å². The van der Waals surface area contributed by atoms with Gasteiger partial charge < -0.3 is 10.6 Å². The molecule has 0 aliphatic rings. The van der Waals surface area contributed by atoms with Crippen LogP contribution in [0.5, 0.6) is 0 Å². The maximum Gasteiger partial charge on any atom is 0.274 e. The fourth-order valence-electron chi connectivity index (χ4n) is 2.59. The number of nitrogens with zero attached hydrogens (tertiary/aromatic N) is 1. The number of halogens is 2. The van der Waals surface area contributed by atoms with E-state index in [1.54, 1.807) is 48.7 Å². The van der Waals surface area contributed by atoms with Gasteiger partial charge in [-0.25, -0.2) is 9.37 Å². The van der Waals surface area contributed by atoms with Crippen LogP contribution in [-0.2, 0) is 6.42 Å². The van der Waals surface area contributed by atoms with Crippen molar-refractivity contribution >= 4 is 28.9 Å². The molecule has 1 aromatic heterocycles. The second kappa shape index (κ2) is 8.64. The molecule has 2 N–H and O–H groups in total. The number of anilines is 2. The molecule has 0 aliphatic heterocycles. The third kappa shape index (κ3) is 5.28. The van der Waals surface area contributed by atoms with Gasteiger partial charge in [0.05, 0.1) is 11.9 Å². The first-order valence-electron chi connectivity index (χ1n) is 8.53. The number of benzene rings is 2. The number of pyridine rings is 1.